The molecule has 1 nitrogen and oxygen atoms in total. The highest BCUT2D eigenvalue weighted by Gasteiger charge is 2.08. The summed E-state index contributed by atoms with van der Waals surface area (Å²) in [4.78, 5) is 0. The van der Waals surface area contributed by atoms with E-state index in [4.69, 9.17) is 0 Å². The van der Waals surface area contributed by atoms with Crippen molar-refractivity contribution in [2.45, 2.75) is 38.2 Å². The fourth-order valence-electron chi connectivity index (χ4n) is 2.48. The van der Waals surface area contributed by atoms with Gasteiger partial charge in [0, 0.05) is 22.3 Å². The van der Waals surface area contributed by atoms with Crippen LogP contribution in [-0.2, 0) is 35.1 Å². The molecule has 0 aromatic heterocycles. The van der Waals surface area contributed by atoms with Crippen LogP contribution in [0.1, 0.15) is 36.1 Å². The highest BCUT2D eigenvalue weighted by Crippen LogP contribution is 2.16. The molecule has 0 saturated heterocycles. The van der Waals surface area contributed by atoms with Crippen molar-refractivity contribution < 1.29 is 4.21 Å². The Balaban J connectivity index is 2.09. The Morgan fingerprint density at radius 2 is 1.05 bits per heavy atom. The number of hydrogen-bond donors (Lipinski definition) is 0. The van der Waals surface area contributed by atoms with Crippen LogP contribution >= 0.6 is 0 Å². The third-order valence-electron chi connectivity index (χ3n) is 3.63. The summed E-state index contributed by atoms with van der Waals surface area (Å²) < 4.78 is 12.4. The van der Waals surface area contributed by atoms with E-state index in [0.29, 0.717) is 11.5 Å². The maximum Gasteiger partial charge on any atom is 0.0491 e. The van der Waals surface area contributed by atoms with Crippen molar-refractivity contribution in [3.05, 3.63) is 70.8 Å². The lowest BCUT2D eigenvalue weighted by Gasteiger charge is -2.10. The number of benzene rings is 2. The highest BCUT2D eigenvalue weighted by molar-refractivity contribution is 7.83. The van der Waals surface area contributed by atoms with Gasteiger partial charge in [-0.2, -0.15) is 0 Å². The molecular weight excluding hydrogens is 264 g/mol. The standard InChI is InChI=1S/C18H22OS/c1-3-15-9-5-7-11-17(15)13-20(19)14-18-12-8-6-10-16(18)4-2/h5-12H,3-4,13-14H2,1-2H3. The van der Waals surface area contributed by atoms with Crippen LogP contribution in [0.4, 0.5) is 0 Å². The molecule has 0 unspecified atom stereocenters. The molecule has 2 aromatic carbocycles. The fraction of sp³-hybridized carbons (Fsp3) is 0.333. The van der Waals surface area contributed by atoms with Gasteiger partial charge in [0.2, 0.25) is 0 Å². The van der Waals surface area contributed by atoms with Crippen LogP contribution in [-0.4, -0.2) is 4.21 Å². The minimum Gasteiger partial charge on any atom is -0.259 e. The molecule has 0 aliphatic rings. The van der Waals surface area contributed by atoms with Crippen LogP contribution in [0.15, 0.2) is 48.5 Å². The Hall–Kier alpha value is -1.41. The lowest BCUT2D eigenvalue weighted by molar-refractivity contribution is 0.681. The third-order valence-corrected chi connectivity index (χ3v) is 4.90. The predicted molar refractivity (Wildman–Crippen MR) is 87.2 cm³/mol. The van der Waals surface area contributed by atoms with Gasteiger partial charge in [-0.25, -0.2) is 0 Å². The quantitative estimate of drug-likeness (QED) is 0.775. The zero-order valence-electron chi connectivity index (χ0n) is 12.3. The van der Waals surface area contributed by atoms with Crippen molar-refractivity contribution in [1.29, 1.82) is 0 Å². The normalized spacial score (nSPS) is 10.9. The largest absolute Gasteiger partial charge is 0.259 e. The molecule has 106 valence electrons. The van der Waals surface area contributed by atoms with Crippen molar-refractivity contribution in [1.82, 2.24) is 0 Å². The zero-order valence-corrected chi connectivity index (χ0v) is 13.1. The maximum atomic E-state index is 12.4. The summed E-state index contributed by atoms with van der Waals surface area (Å²) in [5, 5.41) is 0. The molecule has 0 radical (unpaired) electrons. The summed E-state index contributed by atoms with van der Waals surface area (Å²) in [5.74, 6) is 1.31. The van der Waals surface area contributed by atoms with Gasteiger partial charge in [-0.3, -0.25) is 4.21 Å². The number of rotatable bonds is 6. The van der Waals surface area contributed by atoms with Crippen molar-refractivity contribution in [3.8, 4) is 0 Å². The summed E-state index contributed by atoms with van der Waals surface area (Å²) in [7, 11) is -0.846. The molecule has 0 fully saturated rings. The molecule has 2 aromatic rings. The van der Waals surface area contributed by atoms with Crippen molar-refractivity contribution in [2.24, 2.45) is 0 Å². The summed E-state index contributed by atoms with van der Waals surface area (Å²) in [6.07, 6.45) is 2.00. The lowest BCUT2D eigenvalue weighted by Crippen LogP contribution is -2.04. The third kappa shape index (κ3) is 3.80. The highest BCUT2D eigenvalue weighted by atomic mass is 32.2. The van der Waals surface area contributed by atoms with E-state index in [-0.39, 0.29) is 0 Å². The fourth-order valence-corrected chi connectivity index (χ4v) is 3.84. The Labute approximate surface area is 124 Å². The number of hydrogen-bond acceptors (Lipinski definition) is 1. The SMILES string of the molecule is CCc1ccccc1CS(=O)Cc1ccccc1CC. The van der Waals surface area contributed by atoms with E-state index in [9.17, 15) is 4.21 Å². The van der Waals surface area contributed by atoms with Gasteiger partial charge in [0.15, 0.2) is 0 Å². The molecular formula is C18H22OS. The molecule has 2 rings (SSSR count). The minimum absolute atomic E-state index is 0.655. The second kappa shape index (κ2) is 7.39. The first-order chi connectivity index (χ1) is 9.74. The molecule has 2 heteroatoms. The topological polar surface area (TPSA) is 17.1 Å². The second-order valence-electron chi connectivity index (χ2n) is 4.97. The summed E-state index contributed by atoms with van der Waals surface area (Å²) in [6, 6.07) is 16.6. The molecule has 20 heavy (non-hydrogen) atoms. The van der Waals surface area contributed by atoms with E-state index < -0.39 is 10.8 Å². The van der Waals surface area contributed by atoms with E-state index in [1.807, 2.05) is 12.1 Å². The van der Waals surface area contributed by atoms with Crippen LogP contribution < -0.4 is 0 Å². The first-order valence-electron chi connectivity index (χ1n) is 7.23. The Bertz CT molecular complexity index is 538. The Morgan fingerprint density at radius 3 is 1.40 bits per heavy atom. The van der Waals surface area contributed by atoms with Crippen LogP contribution in [0.3, 0.4) is 0 Å². The van der Waals surface area contributed by atoms with Crippen LogP contribution in [0.5, 0.6) is 0 Å². The maximum absolute atomic E-state index is 12.4. The summed E-state index contributed by atoms with van der Waals surface area (Å²) in [6.45, 7) is 4.29. The minimum atomic E-state index is -0.846. The first-order valence-corrected chi connectivity index (χ1v) is 8.72. The van der Waals surface area contributed by atoms with Gasteiger partial charge in [0.05, 0.1) is 0 Å². The van der Waals surface area contributed by atoms with Gasteiger partial charge < -0.3 is 0 Å². The molecule has 0 aliphatic heterocycles. The summed E-state index contributed by atoms with van der Waals surface area (Å²) in [5.41, 5.74) is 5.07. The zero-order chi connectivity index (χ0) is 14.4. The smallest absolute Gasteiger partial charge is 0.0491 e. The molecule has 0 saturated carbocycles. The van der Waals surface area contributed by atoms with Gasteiger partial charge in [-0.05, 0) is 35.1 Å². The van der Waals surface area contributed by atoms with Crippen LogP contribution in [0.2, 0.25) is 0 Å². The van der Waals surface area contributed by atoms with E-state index in [0.717, 1.165) is 12.8 Å². The lowest BCUT2D eigenvalue weighted by atomic mass is 10.1. The van der Waals surface area contributed by atoms with Gasteiger partial charge in [0.25, 0.3) is 0 Å². The van der Waals surface area contributed by atoms with Gasteiger partial charge in [-0.15, -0.1) is 0 Å². The molecule has 0 amide bonds. The average molecular weight is 286 g/mol. The van der Waals surface area contributed by atoms with Gasteiger partial charge in [-0.1, -0.05) is 62.4 Å². The van der Waals surface area contributed by atoms with Gasteiger partial charge in [0.1, 0.15) is 0 Å². The average Bonchev–Trinajstić information content (AvgIpc) is 2.48. The Morgan fingerprint density at radius 1 is 0.700 bits per heavy atom. The van der Waals surface area contributed by atoms with Crippen molar-refractivity contribution in [3.63, 3.8) is 0 Å². The molecule has 0 atom stereocenters. The monoisotopic (exact) mass is 286 g/mol. The van der Waals surface area contributed by atoms with Crippen molar-refractivity contribution in [2.75, 3.05) is 0 Å². The van der Waals surface area contributed by atoms with Crippen molar-refractivity contribution >= 4 is 10.8 Å². The predicted octanol–water partition coefficient (Wildman–Crippen LogP) is 4.26. The Kier molecular flexibility index (Phi) is 5.54. The summed E-state index contributed by atoms with van der Waals surface area (Å²) >= 11 is 0. The van der Waals surface area contributed by atoms with E-state index in [2.05, 4.69) is 50.2 Å². The van der Waals surface area contributed by atoms with E-state index in [1.165, 1.54) is 22.3 Å². The van der Waals surface area contributed by atoms with E-state index in [1.54, 1.807) is 0 Å². The van der Waals surface area contributed by atoms with Crippen LogP contribution in [0.25, 0.3) is 0 Å². The first kappa shape index (κ1) is 15.0. The van der Waals surface area contributed by atoms with E-state index >= 15 is 0 Å². The molecule has 0 N–H and O–H groups in total. The second-order valence-corrected chi connectivity index (χ2v) is 6.43. The molecule has 0 spiro atoms. The number of aryl methyl sites for hydroxylation is 2. The molecule has 0 heterocycles. The molecule has 0 bridgehead atoms. The van der Waals surface area contributed by atoms with Gasteiger partial charge >= 0.3 is 0 Å². The van der Waals surface area contributed by atoms with Crippen LogP contribution in [0, 0.1) is 0 Å². The molecule has 0 aliphatic carbocycles.